The Bertz CT molecular complexity index is 1090. The SMILES string of the molecule is NS(=O)(=O)N1CCC2(CC2c2nc(-c3cccc(OCC(F)(F)F)c3)no2)C(F)(F)C1. The van der Waals surface area contributed by atoms with Gasteiger partial charge in [0.2, 0.25) is 11.7 Å². The van der Waals surface area contributed by atoms with Crippen LogP contribution in [0.25, 0.3) is 11.4 Å². The van der Waals surface area contributed by atoms with Crippen LogP contribution in [0.3, 0.4) is 0 Å². The van der Waals surface area contributed by atoms with Gasteiger partial charge in [0.05, 0.1) is 12.5 Å². The Balaban J connectivity index is 1.50. The number of piperidine rings is 1. The Morgan fingerprint density at radius 2 is 2.06 bits per heavy atom. The normalized spacial score (nSPS) is 26.2. The highest BCUT2D eigenvalue weighted by atomic mass is 32.2. The summed E-state index contributed by atoms with van der Waals surface area (Å²) in [6.07, 6.45) is -4.59. The summed E-state index contributed by atoms with van der Waals surface area (Å²) in [5.74, 6) is -4.20. The topological polar surface area (TPSA) is 112 Å². The Labute approximate surface area is 173 Å². The van der Waals surface area contributed by atoms with Crippen LogP contribution in [-0.4, -0.2) is 54.7 Å². The van der Waals surface area contributed by atoms with Crippen molar-refractivity contribution < 1.29 is 39.6 Å². The van der Waals surface area contributed by atoms with E-state index < -0.39 is 46.8 Å². The summed E-state index contributed by atoms with van der Waals surface area (Å²) in [6.45, 7) is -2.64. The van der Waals surface area contributed by atoms with E-state index in [2.05, 4.69) is 14.9 Å². The van der Waals surface area contributed by atoms with Crippen LogP contribution in [0.15, 0.2) is 28.8 Å². The standard InChI is InChI=1S/C17H17F5N4O4S/c18-16(19)8-26(31(23,27)28)5-4-15(16)7-12(15)14-24-13(25-30-14)10-2-1-3-11(6-10)29-9-17(20,21)22/h1-3,6,12H,4-5,7-9H2,(H2,23,27,28). The molecule has 2 N–H and O–H groups in total. The smallest absolute Gasteiger partial charge is 0.422 e. The van der Waals surface area contributed by atoms with E-state index in [1.54, 1.807) is 0 Å². The largest absolute Gasteiger partial charge is 0.484 e. The van der Waals surface area contributed by atoms with E-state index >= 15 is 0 Å². The van der Waals surface area contributed by atoms with Crippen molar-refractivity contribution in [3.05, 3.63) is 30.2 Å². The van der Waals surface area contributed by atoms with Gasteiger partial charge >= 0.3 is 6.18 Å². The van der Waals surface area contributed by atoms with Gasteiger partial charge in [0.25, 0.3) is 16.1 Å². The molecule has 1 spiro atoms. The number of hydrogen-bond donors (Lipinski definition) is 1. The number of rotatable bonds is 5. The van der Waals surface area contributed by atoms with Gasteiger partial charge in [0.15, 0.2) is 6.61 Å². The van der Waals surface area contributed by atoms with Gasteiger partial charge in [-0.15, -0.1) is 0 Å². The molecule has 0 amide bonds. The van der Waals surface area contributed by atoms with E-state index in [1.165, 1.54) is 24.3 Å². The van der Waals surface area contributed by atoms with E-state index in [-0.39, 0.29) is 36.9 Å². The Morgan fingerprint density at radius 1 is 1.32 bits per heavy atom. The molecule has 4 rings (SSSR count). The highest BCUT2D eigenvalue weighted by molar-refractivity contribution is 7.86. The quantitative estimate of drug-likeness (QED) is 0.676. The minimum absolute atomic E-state index is 0.0137. The van der Waals surface area contributed by atoms with Crippen LogP contribution < -0.4 is 9.88 Å². The lowest BCUT2D eigenvalue weighted by molar-refractivity contribution is -0.153. The third-order valence-electron chi connectivity index (χ3n) is 5.58. The zero-order valence-electron chi connectivity index (χ0n) is 15.8. The van der Waals surface area contributed by atoms with Crippen LogP contribution in [0.5, 0.6) is 5.75 Å². The molecule has 1 aliphatic carbocycles. The highest BCUT2D eigenvalue weighted by Gasteiger charge is 2.73. The van der Waals surface area contributed by atoms with Gasteiger partial charge < -0.3 is 9.26 Å². The van der Waals surface area contributed by atoms with Crippen molar-refractivity contribution in [3.63, 3.8) is 0 Å². The lowest BCUT2D eigenvalue weighted by Gasteiger charge is -2.37. The van der Waals surface area contributed by atoms with Crippen LogP contribution in [0, 0.1) is 5.41 Å². The van der Waals surface area contributed by atoms with Crippen LogP contribution in [-0.2, 0) is 10.2 Å². The molecule has 2 heterocycles. The number of nitrogens with two attached hydrogens (primary N) is 1. The molecule has 2 fully saturated rings. The van der Waals surface area contributed by atoms with Crippen LogP contribution in [0.4, 0.5) is 22.0 Å². The summed E-state index contributed by atoms with van der Waals surface area (Å²) in [4.78, 5) is 4.13. The van der Waals surface area contributed by atoms with Gasteiger partial charge in [-0.3, -0.25) is 0 Å². The van der Waals surface area contributed by atoms with Crippen molar-refractivity contribution >= 4 is 10.2 Å². The highest BCUT2D eigenvalue weighted by Crippen LogP contribution is 2.70. The van der Waals surface area contributed by atoms with E-state index in [9.17, 15) is 30.4 Å². The molecular weight excluding hydrogens is 451 g/mol. The summed E-state index contributed by atoms with van der Waals surface area (Å²) in [5, 5.41) is 8.71. The van der Waals surface area contributed by atoms with Crippen LogP contribution >= 0.6 is 0 Å². The molecule has 8 nitrogen and oxygen atoms in total. The van der Waals surface area contributed by atoms with E-state index in [0.717, 1.165) is 0 Å². The molecule has 2 aromatic rings. The fraction of sp³-hybridized carbons (Fsp3) is 0.529. The molecule has 170 valence electrons. The summed E-state index contributed by atoms with van der Waals surface area (Å²) < 4.78 is 99.7. The van der Waals surface area contributed by atoms with Gasteiger partial charge in [-0.2, -0.15) is 30.9 Å². The second kappa shape index (κ2) is 7.10. The molecule has 31 heavy (non-hydrogen) atoms. The fourth-order valence-corrected chi connectivity index (χ4v) is 4.56. The van der Waals surface area contributed by atoms with Crippen molar-refractivity contribution in [3.8, 4) is 17.1 Å². The summed E-state index contributed by atoms with van der Waals surface area (Å²) in [6, 6.07) is 5.55. The molecule has 14 heteroatoms. The maximum absolute atomic E-state index is 14.8. The second-order valence-corrected chi connectivity index (χ2v) is 9.18. The number of ether oxygens (including phenoxy) is 1. The number of hydrogen-bond acceptors (Lipinski definition) is 6. The lowest BCUT2D eigenvalue weighted by Crippen LogP contribution is -2.54. The molecule has 0 radical (unpaired) electrons. The lowest BCUT2D eigenvalue weighted by atomic mass is 9.88. The molecule has 2 unspecified atom stereocenters. The van der Waals surface area contributed by atoms with E-state index in [0.29, 0.717) is 9.87 Å². The monoisotopic (exact) mass is 468 g/mol. The Morgan fingerprint density at radius 3 is 2.71 bits per heavy atom. The molecule has 0 bridgehead atoms. The van der Waals surface area contributed by atoms with Crippen molar-refractivity contribution in [2.45, 2.75) is 30.9 Å². The molecule has 1 aromatic carbocycles. The molecule has 1 aromatic heterocycles. The maximum Gasteiger partial charge on any atom is 0.422 e. The third kappa shape index (κ3) is 4.23. The zero-order valence-corrected chi connectivity index (χ0v) is 16.6. The Kier molecular flexibility index (Phi) is 5.01. The first-order valence-electron chi connectivity index (χ1n) is 9.10. The van der Waals surface area contributed by atoms with Gasteiger partial charge in [-0.25, -0.2) is 13.9 Å². The average Bonchev–Trinajstić information content (AvgIpc) is 3.18. The fourth-order valence-electron chi connectivity index (χ4n) is 3.88. The summed E-state index contributed by atoms with van der Waals surface area (Å²) >= 11 is 0. The third-order valence-corrected chi connectivity index (χ3v) is 6.61. The molecule has 1 aliphatic heterocycles. The van der Waals surface area contributed by atoms with Crippen LogP contribution in [0.1, 0.15) is 24.7 Å². The van der Waals surface area contributed by atoms with Gasteiger partial charge in [-0.1, -0.05) is 17.3 Å². The number of alkyl halides is 5. The predicted molar refractivity (Wildman–Crippen MR) is 95.3 cm³/mol. The van der Waals surface area contributed by atoms with Crippen molar-refractivity contribution in [1.82, 2.24) is 14.4 Å². The predicted octanol–water partition coefficient (Wildman–Crippen LogP) is 2.70. The average molecular weight is 468 g/mol. The van der Waals surface area contributed by atoms with Gasteiger partial charge in [0.1, 0.15) is 5.75 Å². The molecule has 1 saturated heterocycles. The molecule has 1 saturated carbocycles. The molecule has 2 aliphatic rings. The maximum atomic E-state index is 14.8. The van der Waals surface area contributed by atoms with Crippen LogP contribution in [0.2, 0.25) is 0 Å². The second-order valence-electron chi connectivity index (χ2n) is 7.63. The minimum atomic E-state index is -4.50. The van der Waals surface area contributed by atoms with E-state index in [4.69, 9.17) is 9.66 Å². The zero-order chi connectivity index (χ0) is 22.7. The first-order valence-corrected chi connectivity index (χ1v) is 10.6. The Hall–Kier alpha value is -2.32. The number of nitrogens with zero attached hydrogens (tertiary/aromatic N) is 3. The van der Waals surface area contributed by atoms with Crippen molar-refractivity contribution in [1.29, 1.82) is 0 Å². The van der Waals surface area contributed by atoms with Crippen molar-refractivity contribution in [2.75, 3.05) is 19.7 Å². The summed E-state index contributed by atoms with van der Waals surface area (Å²) in [5.41, 5.74) is -1.21. The van der Waals surface area contributed by atoms with E-state index in [1.807, 2.05) is 0 Å². The number of aromatic nitrogens is 2. The van der Waals surface area contributed by atoms with Gasteiger partial charge in [-0.05, 0) is 25.0 Å². The first-order chi connectivity index (χ1) is 14.3. The first kappa shape index (κ1) is 21.9. The van der Waals surface area contributed by atoms with Crippen molar-refractivity contribution in [2.24, 2.45) is 10.6 Å². The number of halogens is 5. The molecule has 2 atom stereocenters. The summed E-state index contributed by atoms with van der Waals surface area (Å²) in [7, 11) is -4.23. The minimum Gasteiger partial charge on any atom is -0.484 e. The number of benzene rings is 1. The van der Waals surface area contributed by atoms with Gasteiger partial charge in [0, 0.05) is 17.5 Å². The molecular formula is C17H17F5N4O4S.